The van der Waals surface area contributed by atoms with E-state index in [1.165, 1.54) is 25.7 Å². The molecule has 5 heteroatoms. The Morgan fingerprint density at radius 1 is 1.19 bits per heavy atom. The number of carboxylic acids is 1. The molecule has 1 aliphatic rings. The summed E-state index contributed by atoms with van der Waals surface area (Å²) >= 11 is 0. The lowest BCUT2D eigenvalue weighted by molar-refractivity contribution is -0.137. The fraction of sp³-hybridized carbons (Fsp3) is 0.875. The number of rotatable bonds is 11. The summed E-state index contributed by atoms with van der Waals surface area (Å²) in [4.78, 5) is 22.4. The van der Waals surface area contributed by atoms with E-state index in [9.17, 15) is 9.59 Å². The third-order valence-corrected chi connectivity index (χ3v) is 4.24. The van der Waals surface area contributed by atoms with Crippen molar-refractivity contribution in [3.05, 3.63) is 0 Å². The van der Waals surface area contributed by atoms with Crippen LogP contribution in [0.15, 0.2) is 0 Å². The van der Waals surface area contributed by atoms with Crippen molar-refractivity contribution >= 4 is 11.9 Å². The fourth-order valence-corrected chi connectivity index (χ4v) is 3.01. The van der Waals surface area contributed by atoms with E-state index in [0.717, 1.165) is 19.3 Å². The van der Waals surface area contributed by atoms with Gasteiger partial charge in [0, 0.05) is 19.0 Å². The van der Waals surface area contributed by atoms with Gasteiger partial charge >= 0.3 is 5.97 Å². The molecule has 0 radical (unpaired) electrons. The highest BCUT2D eigenvalue weighted by Gasteiger charge is 2.15. The van der Waals surface area contributed by atoms with E-state index >= 15 is 0 Å². The van der Waals surface area contributed by atoms with Crippen LogP contribution >= 0.6 is 0 Å². The van der Waals surface area contributed by atoms with E-state index in [2.05, 4.69) is 17.6 Å². The standard InChI is InChI=1S/C16H30N2O3/c1-2-5-13(8-9-16(20)21)10-11-17-15(19)12-18-14-6-3-4-7-14/h13-14,18H,2-12H2,1H3,(H,17,19)(H,20,21). The van der Waals surface area contributed by atoms with Gasteiger partial charge in [-0.15, -0.1) is 0 Å². The zero-order valence-corrected chi connectivity index (χ0v) is 13.2. The van der Waals surface area contributed by atoms with Crippen LogP contribution in [0.4, 0.5) is 0 Å². The van der Waals surface area contributed by atoms with Crippen LogP contribution in [0, 0.1) is 5.92 Å². The molecule has 0 spiro atoms. The first-order valence-electron chi connectivity index (χ1n) is 8.33. The van der Waals surface area contributed by atoms with E-state index in [0.29, 0.717) is 31.5 Å². The van der Waals surface area contributed by atoms with Crippen LogP contribution in [0.3, 0.4) is 0 Å². The third kappa shape index (κ3) is 8.71. The number of aliphatic carboxylic acids is 1. The van der Waals surface area contributed by atoms with Gasteiger partial charge in [-0.05, 0) is 31.6 Å². The summed E-state index contributed by atoms with van der Waals surface area (Å²) in [5.74, 6) is -0.287. The molecule has 1 fully saturated rings. The molecule has 1 saturated carbocycles. The molecule has 0 saturated heterocycles. The summed E-state index contributed by atoms with van der Waals surface area (Å²) in [6.07, 6.45) is 8.79. The maximum atomic E-state index is 11.7. The van der Waals surface area contributed by atoms with Crippen molar-refractivity contribution in [2.75, 3.05) is 13.1 Å². The first-order valence-corrected chi connectivity index (χ1v) is 8.33. The molecule has 0 heterocycles. The molecule has 0 aromatic heterocycles. The first kappa shape index (κ1) is 18.0. The smallest absolute Gasteiger partial charge is 0.303 e. The maximum Gasteiger partial charge on any atom is 0.303 e. The zero-order valence-electron chi connectivity index (χ0n) is 13.2. The van der Waals surface area contributed by atoms with Crippen molar-refractivity contribution in [1.82, 2.24) is 10.6 Å². The molecule has 3 N–H and O–H groups in total. The van der Waals surface area contributed by atoms with Gasteiger partial charge in [-0.3, -0.25) is 9.59 Å². The van der Waals surface area contributed by atoms with Crippen molar-refractivity contribution in [2.45, 2.75) is 70.8 Å². The Bertz CT molecular complexity index is 315. The van der Waals surface area contributed by atoms with Crippen LogP contribution in [-0.4, -0.2) is 36.1 Å². The van der Waals surface area contributed by atoms with Crippen molar-refractivity contribution in [2.24, 2.45) is 5.92 Å². The van der Waals surface area contributed by atoms with Crippen molar-refractivity contribution in [3.63, 3.8) is 0 Å². The molecule has 1 rings (SSSR count). The van der Waals surface area contributed by atoms with Crippen molar-refractivity contribution in [1.29, 1.82) is 0 Å². The van der Waals surface area contributed by atoms with E-state index in [4.69, 9.17) is 5.11 Å². The van der Waals surface area contributed by atoms with Crippen LogP contribution < -0.4 is 10.6 Å². The van der Waals surface area contributed by atoms with Crippen LogP contribution in [0.2, 0.25) is 0 Å². The Hall–Kier alpha value is -1.10. The number of carbonyl (C=O) groups is 2. The highest BCUT2D eigenvalue weighted by atomic mass is 16.4. The average molecular weight is 298 g/mol. The topological polar surface area (TPSA) is 78.4 Å². The second-order valence-electron chi connectivity index (χ2n) is 6.09. The molecule has 5 nitrogen and oxygen atoms in total. The average Bonchev–Trinajstić information content (AvgIpc) is 2.95. The molecule has 1 unspecified atom stereocenters. The lowest BCUT2D eigenvalue weighted by Crippen LogP contribution is -2.38. The number of hydrogen-bond acceptors (Lipinski definition) is 3. The summed E-state index contributed by atoms with van der Waals surface area (Å²) < 4.78 is 0. The Kier molecular flexibility index (Phi) is 9.06. The highest BCUT2D eigenvalue weighted by molar-refractivity contribution is 5.77. The summed E-state index contributed by atoms with van der Waals surface area (Å²) in [6.45, 7) is 3.16. The third-order valence-electron chi connectivity index (χ3n) is 4.24. The maximum absolute atomic E-state index is 11.7. The summed E-state index contributed by atoms with van der Waals surface area (Å²) in [7, 11) is 0. The first-order chi connectivity index (χ1) is 10.1. The van der Waals surface area contributed by atoms with Crippen LogP contribution in [-0.2, 0) is 9.59 Å². The summed E-state index contributed by atoms with van der Waals surface area (Å²) in [5, 5.41) is 15.0. The van der Waals surface area contributed by atoms with Crippen molar-refractivity contribution < 1.29 is 14.7 Å². The van der Waals surface area contributed by atoms with Gasteiger partial charge in [0.2, 0.25) is 5.91 Å². The predicted octanol–water partition coefficient (Wildman–Crippen LogP) is 2.31. The largest absolute Gasteiger partial charge is 0.481 e. The van der Waals surface area contributed by atoms with Crippen LogP contribution in [0.1, 0.15) is 64.7 Å². The molecular formula is C16H30N2O3. The number of carboxylic acid groups (broad SMARTS) is 1. The molecule has 0 aliphatic heterocycles. The van der Waals surface area contributed by atoms with Gasteiger partial charge in [-0.1, -0.05) is 32.6 Å². The van der Waals surface area contributed by atoms with Crippen LogP contribution in [0.25, 0.3) is 0 Å². The van der Waals surface area contributed by atoms with Gasteiger partial charge in [-0.2, -0.15) is 0 Å². The number of amides is 1. The van der Waals surface area contributed by atoms with Gasteiger partial charge in [0.1, 0.15) is 0 Å². The molecule has 122 valence electrons. The minimum atomic E-state index is -0.735. The van der Waals surface area contributed by atoms with E-state index in [-0.39, 0.29) is 12.3 Å². The lowest BCUT2D eigenvalue weighted by Gasteiger charge is -2.16. The van der Waals surface area contributed by atoms with Gasteiger partial charge in [0.25, 0.3) is 0 Å². The molecule has 1 amide bonds. The minimum Gasteiger partial charge on any atom is -0.481 e. The van der Waals surface area contributed by atoms with Gasteiger partial charge in [-0.25, -0.2) is 0 Å². The number of hydrogen-bond donors (Lipinski definition) is 3. The predicted molar refractivity (Wildman–Crippen MR) is 83.2 cm³/mol. The Morgan fingerprint density at radius 2 is 1.90 bits per heavy atom. The number of nitrogens with one attached hydrogen (secondary N) is 2. The molecule has 1 aliphatic carbocycles. The van der Waals surface area contributed by atoms with E-state index in [1.54, 1.807) is 0 Å². The molecule has 21 heavy (non-hydrogen) atoms. The minimum absolute atomic E-state index is 0.0513. The second-order valence-corrected chi connectivity index (χ2v) is 6.09. The Balaban J connectivity index is 2.10. The molecule has 1 atom stereocenters. The van der Waals surface area contributed by atoms with Crippen molar-refractivity contribution in [3.8, 4) is 0 Å². The summed E-state index contributed by atoms with van der Waals surface area (Å²) in [6, 6.07) is 0.513. The van der Waals surface area contributed by atoms with E-state index in [1.807, 2.05) is 0 Å². The normalized spacial score (nSPS) is 16.8. The number of carbonyl (C=O) groups excluding carboxylic acids is 1. The Labute approximate surface area is 127 Å². The Morgan fingerprint density at radius 3 is 2.52 bits per heavy atom. The van der Waals surface area contributed by atoms with Gasteiger partial charge < -0.3 is 15.7 Å². The molecule has 0 bridgehead atoms. The summed E-state index contributed by atoms with van der Waals surface area (Å²) in [5.41, 5.74) is 0. The van der Waals surface area contributed by atoms with Gasteiger partial charge in [0.05, 0.1) is 6.54 Å². The fourth-order valence-electron chi connectivity index (χ4n) is 3.01. The lowest BCUT2D eigenvalue weighted by atomic mass is 9.94. The van der Waals surface area contributed by atoms with Gasteiger partial charge in [0.15, 0.2) is 0 Å². The van der Waals surface area contributed by atoms with E-state index < -0.39 is 5.97 Å². The highest BCUT2D eigenvalue weighted by Crippen LogP contribution is 2.18. The SMILES string of the molecule is CCCC(CCNC(=O)CNC1CCCC1)CCC(=O)O. The zero-order chi connectivity index (χ0) is 15.5. The quantitative estimate of drug-likeness (QED) is 0.547. The molecular weight excluding hydrogens is 268 g/mol. The molecule has 0 aromatic carbocycles. The molecule has 0 aromatic rings. The monoisotopic (exact) mass is 298 g/mol. The second kappa shape index (κ2) is 10.6. The van der Waals surface area contributed by atoms with Crippen LogP contribution in [0.5, 0.6) is 0 Å².